The molecule has 1 N–H and O–H groups in total. The molecule has 2 nitrogen and oxygen atoms in total. The maximum Gasteiger partial charge on any atom is 0.118 e. The van der Waals surface area contributed by atoms with Crippen LogP contribution in [0.5, 0.6) is 5.75 Å². The van der Waals surface area contributed by atoms with Gasteiger partial charge in [-0.2, -0.15) is 11.8 Å². The zero-order valence-electron chi connectivity index (χ0n) is 11.3. The molecule has 18 heavy (non-hydrogen) atoms. The summed E-state index contributed by atoms with van der Waals surface area (Å²) in [7, 11) is 1.71. The predicted molar refractivity (Wildman–Crippen MR) is 79.6 cm³/mol. The highest BCUT2D eigenvalue weighted by Gasteiger charge is 2.15. The van der Waals surface area contributed by atoms with Crippen molar-refractivity contribution in [3.63, 3.8) is 0 Å². The second-order valence-corrected chi connectivity index (χ2v) is 6.23. The van der Waals surface area contributed by atoms with Crippen molar-refractivity contribution >= 4 is 11.8 Å². The van der Waals surface area contributed by atoms with Crippen molar-refractivity contribution in [2.24, 2.45) is 0 Å². The minimum atomic E-state index is 0.548. The molecule has 1 fully saturated rings. The number of nitrogens with one attached hydrogen (secondary N) is 1. The minimum Gasteiger partial charge on any atom is -0.497 e. The normalized spacial score (nSPS) is 18.6. The second-order valence-electron chi connectivity index (χ2n) is 5.01. The molecule has 1 unspecified atom stereocenters. The van der Waals surface area contributed by atoms with Crippen LogP contribution in [0, 0.1) is 0 Å². The maximum atomic E-state index is 5.18. The first-order valence-electron chi connectivity index (χ1n) is 6.74. The van der Waals surface area contributed by atoms with Crippen LogP contribution in [0.15, 0.2) is 24.3 Å². The largest absolute Gasteiger partial charge is 0.497 e. The zero-order chi connectivity index (χ0) is 12.8. The van der Waals surface area contributed by atoms with Crippen LogP contribution < -0.4 is 10.1 Å². The second kappa shape index (κ2) is 7.05. The molecule has 100 valence electrons. The summed E-state index contributed by atoms with van der Waals surface area (Å²) in [5, 5.41) is 3.75. The van der Waals surface area contributed by atoms with E-state index >= 15 is 0 Å². The number of rotatable bonds is 5. The Labute approximate surface area is 114 Å². The van der Waals surface area contributed by atoms with Crippen molar-refractivity contribution in [2.75, 3.05) is 18.6 Å². The Balaban J connectivity index is 1.80. The van der Waals surface area contributed by atoms with E-state index < -0.39 is 0 Å². The van der Waals surface area contributed by atoms with Gasteiger partial charge < -0.3 is 10.1 Å². The molecule has 1 atom stereocenters. The average Bonchev–Trinajstić information content (AvgIpc) is 2.40. The van der Waals surface area contributed by atoms with Crippen molar-refractivity contribution in [2.45, 2.75) is 38.3 Å². The monoisotopic (exact) mass is 265 g/mol. The van der Waals surface area contributed by atoms with Gasteiger partial charge in [0.2, 0.25) is 0 Å². The van der Waals surface area contributed by atoms with Crippen molar-refractivity contribution in [1.82, 2.24) is 5.32 Å². The Morgan fingerprint density at radius 3 is 2.56 bits per heavy atom. The maximum absolute atomic E-state index is 5.18. The molecule has 0 radical (unpaired) electrons. The SMILES string of the molecule is COc1ccc(CC(C)NC2CCSCC2)cc1. The van der Waals surface area contributed by atoms with Crippen LogP contribution in [0.2, 0.25) is 0 Å². The van der Waals surface area contributed by atoms with Gasteiger partial charge in [-0.3, -0.25) is 0 Å². The molecule has 0 spiro atoms. The predicted octanol–water partition coefficient (Wildman–Crippen LogP) is 3.11. The zero-order valence-corrected chi connectivity index (χ0v) is 12.1. The van der Waals surface area contributed by atoms with Gasteiger partial charge in [0.1, 0.15) is 5.75 Å². The molecule has 3 heteroatoms. The summed E-state index contributed by atoms with van der Waals surface area (Å²) in [4.78, 5) is 0. The molecule has 1 aliphatic heterocycles. The molecule has 0 amide bonds. The molecular weight excluding hydrogens is 242 g/mol. The molecule has 1 heterocycles. The topological polar surface area (TPSA) is 21.3 Å². The lowest BCUT2D eigenvalue weighted by Gasteiger charge is -2.26. The lowest BCUT2D eigenvalue weighted by Crippen LogP contribution is -2.39. The molecule has 1 aliphatic rings. The van der Waals surface area contributed by atoms with E-state index in [1.807, 2.05) is 12.1 Å². The van der Waals surface area contributed by atoms with E-state index in [0.29, 0.717) is 6.04 Å². The van der Waals surface area contributed by atoms with Gasteiger partial charge in [-0.05, 0) is 55.4 Å². The first-order chi connectivity index (χ1) is 8.78. The number of hydrogen-bond donors (Lipinski definition) is 1. The third-order valence-corrected chi connectivity index (χ3v) is 4.49. The Morgan fingerprint density at radius 2 is 1.94 bits per heavy atom. The summed E-state index contributed by atoms with van der Waals surface area (Å²) in [5.74, 6) is 3.56. The molecule has 2 rings (SSSR count). The fraction of sp³-hybridized carbons (Fsp3) is 0.600. The average molecular weight is 265 g/mol. The standard InChI is InChI=1S/C15H23NOS/c1-12(16-14-7-9-18-10-8-14)11-13-3-5-15(17-2)6-4-13/h3-6,12,14,16H,7-11H2,1-2H3. The van der Waals surface area contributed by atoms with Crippen molar-refractivity contribution in [1.29, 1.82) is 0 Å². The number of ether oxygens (including phenoxy) is 1. The van der Waals surface area contributed by atoms with Crippen LogP contribution in [-0.2, 0) is 6.42 Å². The molecule has 1 aromatic rings. The molecule has 0 aliphatic carbocycles. The number of benzene rings is 1. The van der Waals surface area contributed by atoms with Crippen LogP contribution in [-0.4, -0.2) is 30.7 Å². The van der Waals surface area contributed by atoms with Crippen LogP contribution >= 0.6 is 11.8 Å². The first kappa shape index (κ1) is 13.8. The summed E-state index contributed by atoms with van der Waals surface area (Å²) in [5.41, 5.74) is 1.38. The molecule has 1 saturated heterocycles. The van der Waals surface area contributed by atoms with Crippen LogP contribution in [0.4, 0.5) is 0 Å². The molecule has 1 aromatic carbocycles. The van der Waals surface area contributed by atoms with E-state index in [1.54, 1.807) is 7.11 Å². The quantitative estimate of drug-likeness (QED) is 0.884. The van der Waals surface area contributed by atoms with E-state index in [4.69, 9.17) is 4.74 Å². The lowest BCUT2D eigenvalue weighted by atomic mass is 10.0. The summed E-state index contributed by atoms with van der Waals surface area (Å²) in [6.07, 6.45) is 3.73. The third kappa shape index (κ3) is 4.21. The van der Waals surface area contributed by atoms with Gasteiger partial charge >= 0.3 is 0 Å². The third-order valence-electron chi connectivity index (χ3n) is 3.44. The van der Waals surface area contributed by atoms with Crippen LogP contribution in [0.3, 0.4) is 0 Å². The van der Waals surface area contributed by atoms with Gasteiger partial charge in [-0.15, -0.1) is 0 Å². The van der Waals surface area contributed by atoms with Gasteiger partial charge in [0.15, 0.2) is 0 Å². The lowest BCUT2D eigenvalue weighted by molar-refractivity contribution is 0.413. The van der Waals surface area contributed by atoms with Crippen molar-refractivity contribution in [3.05, 3.63) is 29.8 Å². The van der Waals surface area contributed by atoms with Gasteiger partial charge in [0.05, 0.1) is 7.11 Å². The molecule has 0 bridgehead atoms. The highest BCUT2D eigenvalue weighted by atomic mass is 32.2. The van der Waals surface area contributed by atoms with E-state index in [9.17, 15) is 0 Å². The van der Waals surface area contributed by atoms with Crippen molar-refractivity contribution in [3.8, 4) is 5.75 Å². The number of hydrogen-bond acceptors (Lipinski definition) is 3. The Bertz CT molecular complexity index is 346. The van der Waals surface area contributed by atoms with Gasteiger partial charge in [-0.25, -0.2) is 0 Å². The molecular formula is C15H23NOS. The smallest absolute Gasteiger partial charge is 0.118 e. The van der Waals surface area contributed by atoms with Gasteiger partial charge in [-0.1, -0.05) is 12.1 Å². The fourth-order valence-corrected chi connectivity index (χ4v) is 3.55. The Hall–Kier alpha value is -0.670. The Morgan fingerprint density at radius 1 is 1.28 bits per heavy atom. The minimum absolute atomic E-state index is 0.548. The van der Waals surface area contributed by atoms with Crippen LogP contribution in [0.1, 0.15) is 25.3 Å². The van der Waals surface area contributed by atoms with E-state index in [1.165, 1.54) is 29.9 Å². The number of methoxy groups -OCH3 is 1. The fourth-order valence-electron chi connectivity index (χ4n) is 2.44. The first-order valence-corrected chi connectivity index (χ1v) is 7.90. The summed E-state index contributed by atoms with van der Waals surface area (Å²) in [6, 6.07) is 9.67. The summed E-state index contributed by atoms with van der Waals surface area (Å²) < 4.78 is 5.18. The highest BCUT2D eigenvalue weighted by molar-refractivity contribution is 7.99. The van der Waals surface area contributed by atoms with E-state index in [2.05, 4.69) is 36.1 Å². The van der Waals surface area contributed by atoms with Crippen molar-refractivity contribution < 1.29 is 4.74 Å². The summed E-state index contributed by atoms with van der Waals surface area (Å²) in [6.45, 7) is 2.28. The van der Waals surface area contributed by atoms with Gasteiger partial charge in [0, 0.05) is 12.1 Å². The highest BCUT2D eigenvalue weighted by Crippen LogP contribution is 2.18. The van der Waals surface area contributed by atoms with E-state index in [-0.39, 0.29) is 0 Å². The Kier molecular flexibility index (Phi) is 5.39. The number of thioether (sulfide) groups is 1. The molecule has 0 saturated carbocycles. The molecule has 0 aromatic heterocycles. The van der Waals surface area contributed by atoms with Crippen LogP contribution in [0.25, 0.3) is 0 Å². The summed E-state index contributed by atoms with van der Waals surface area (Å²) >= 11 is 2.08. The van der Waals surface area contributed by atoms with Gasteiger partial charge in [0.25, 0.3) is 0 Å². The van der Waals surface area contributed by atoms with E-state index in [0.717, 1.165) is 18.2 Å².